The van der Waals surface area contributed by atoms with Crippen LogP contribution in [-0.4, -0.2) is 36.9 Å². The molecule has 0 aliphatic heterocycles. The highest BCUT2D eigenvalue weighted by atomic mass is 16.5. The first kappa shape index (κ1) is 15.2. The van der Waals surface area contributed by atoms with Gasteiger partial charge in [-0.1, -0.05) is 11.8 Å². The van der Waals surface area contributed by atoms with E-state index in [0.717, 1.165) is 5.56 Å². The summed E-state index contributed by atoms with van der Waals surface area (Å²) < 4.78 is 5.05. The number of nitrogens with one attached hydrogen (secondary N) is 1. The largest absolute Gasteiger partial charge is 0.384 e. The molecule has 0 radical (unpaired) electrons. The highest BCUT2D eigenvalue weighted by Gasteiger charge is 2.20. The van der Waals surface area contributed by atoms with Crippen molar-refractivity contribution in [2.24, 2.45) is 0 Å². The fourth-order valence-corrected chi connectivity index (χ4v) is 1.62. The van der Waals surface area contributed by atoms with E-state index in [4.69, 9.17) is 9.84 Å². The summed E-state index contributed by atoms with van der Waals surface area (Å²) in [7, 11) is 1.60. The second-order valence-corrected chi connectivity index (χ2v) is 4.81. The fourth-order valence-electron chi connectivity index (χ4n) is 1.62. The van der Waals surface area contributed by atoms with Crippen molar-refractivity contribution in [1.29, 1.82) is 0 Å². The normalized spacial score (nSPS) is 10.5. The minimum absolute atomic E-state index is 0.149. The van der Waals surface area contributed by atoms with Crippen molar-refractivity contribution in [2.45, 2.75) is 19.4 Å². The molecule has 19 heavy (non-hydrogen) atoms. The van der Waals surface area contributed by atoms with Crippen LogP contribution >= 0.6 is 0 Å². The number of benzene rings is 1. The smallest absolute Gasteiger partial charge is 0.251 e. The summed E-state index contributed by atoms with van der Waals surface area (Å²) in [6.07, 6.45) is 0. The average Bonchev–Trinajstić information content (AvgIpc) is 2.36. The van der Waals surface area contributed by atoms with E-state index in [2.05, 4.69) is 17.2 Å². The van der Waals surface area contributed by atoms with E-state index in [1.54, 1.807) is 31.4 Å². The van der Waals surface area contributed by atoms with Crippen LogP contribution in [0.1, 0.15) is 29.8 Å². The van der Waals surface area contributed by atoms with E-state index in [1.165, 1.54) is 0 Å². The molecule has 0 heterocycles. The van der Waals surface area contributed by atoms with E-state index >= 15 is 0 Å². The van der Waals surface area contributed by atoms with Gasteiger partial charge in [0.1, 0.15) is 6.61 Å². The van der Waals surface area contributed by atoms with Gasteiger partial charge in [-0.15, -0.1) is 0 Å². The summed E-state index contributed by atoms with van der Waals surface area (Å²) >= 11 is 0. The molecule has 0 atom stereocenters. The molecule has 0 aliphatic carbocycles. The molecule has 0 saturated carbocycles. The SMILES string of the molecule is COCC(C)(C)NC(=O)c1ccc(C#CCO)cc1. The molecule has 0 aromatic heterocycles. The molecule has 1 amide bonds. The number of carbonyl (C=O) groups excluding carboxylic acids is 1. The molecule has 0 saturated heterocycles. The van der Waals surface area contributed by atoms with Crippen LogP contribution in [0.2, 0.25) is 0 Å². The summed E-state index contributed by atoms with van der Waals surface area (Å²) in [4.78, 5) is 12.0. The third-order valence-corrected chi connectivity index (χ3v) is 2.42. The summed E-state index contributed by atoms with van der Waals surface area (Å²) in [5.41, 5.74) is 0.918. The highest BCUT2D eigenvalue weighted by molar-refractivity contribution is 5.94. The number of ether oxygens (including phenoxy) is 1. The Morgan fingerprint density at radius 1 is 1.37 bits per heavy atom. The van der Waals surface area contributed by atoms with Crippen molar-refractivity contribution in [2.75, 3.05) is 20.3 Å². The third-order valence-electron chi connectivity index (χ3n) is 2.42. The molecule has 1 aromatic carbocycles. The van der Waals surface area contributed by atoms with Gasteiger partial charge in [0.05, 0.1) is 12.1 Å². The number of amides is 1. The number of aliphatic hydroxyl groups excluding tert-OH is 1. The number of rotatable bonds is 4. The van der Waals surface area contributed by atoms with Crippen LogP contribution in [-0.2, 0) is 4.74 Å². The molecular formula is C15H19NO3. The first-order chi connectivity index (χ1) is 8.98. The van der Waals surface area contributed by atoms with Crippen LogP contribution in [0.15, 0.2) is 24.3 Å². The van der Waals surface area contributed by atoms with Crippen molar-refractivity contribution in [1.82, 2.24) is 5.32 Å². The van der Waals surface area contributed by atoms with Gasteiger partial charge in [-0.25, -0.2) is 0 Å². The predicted molar refractivity (Wildman–Crippen MR) is 73.8 cm³/mol. The topological polar surface area (TPSA) is 58.6 Å². The number of hydrogen-bond acceptors (Lipinski definition) is 3. The summed E-state index contributed by atoms with van der Waals surface area (Å²) in [6.45, 7) is 4.07. The fraction of sp³-hybridized carbons (Fsp3) is 0.400. The van der Waals surface area contributed by atoms with Crippen LogP contribution in [0.5, 0.6) is 0 Å². The van der Waals surface area contributed by atoms with Crippen molar-refractivity contribution in [3.05, 3.63) is 35.4 Å². The van der Waals surface area contributed by atoms with Crippen LogP contribution in [0.25, 0.3) is 0 Å². The zero-order valence-corrected chi connectivity index (χ0v) is 11.5. The van der Waals surface area contributed by atoms with Crippen LogP contribution in [0.4, 0.5) is 0 Å². The zero-order chi connectivity index (χ0) is 14.3. The van der Waals surface area contributed by atoms with Crippen molar-refractivity contribution in [3.8, 4) is 11.8 Å². The summed E-state index contributed by atoms with van der Waals surface area (Å²) in [5, 5.41) is 11.5. The van der Waals surface area contributed by atoms with Gasteiger partial charge in [0.2, 0.25) is 0 Å². The van der Waals surface area contributed by atoms with Gasteiger partial charge in [0.25, 0.3) is 5.91 Å². The van der Waals surface area contributed by atoms with E-state index in [1.807, 2.05) is 13.8 Å². The first-order valence-electron chi connectivity index (χ1n) is 6.00. The van der Waals surface area contributed by atoms with E-state index in [9.17, 15) is 4.79 Å². The molecule has 102 valence electrons. The Bertz CT molecular complexity index is 480. The number of carbonyl (C=O) groups is 1. The monoisotopic (exact) mass is 261 g/mol. The second-order valence-electron chi connectivity index (χ2n) is 4.81. The highest BCUT2D eigenvalue weighted by Crippen LogP contribution is 2.07. The maximum absolute atomic E-state index is 12.0. The standard InChI is InChI=1S/C15H19NO3/c1-15(2,11-19-3)16-14(18)13-8-6-12(7-9-13)5-4-10-17/h6-9,17H,10-11H2,1-3H3,(H,16,18). The third kappa shape index (κ3) is 5.12. The average molecular weight is 261 g/mol. The summed E-state index contributed by atoms with van der Waals surface area (Å²) in [6, 6.07) is 6.92. The molecule has 4 nitrogen and oxygen atoms in total. The van der Waals surface area contributed by atoms with E-state index in [-0.39, 0.29) is 12.5 Å². The Labute approximate surface area is 113 Å². The van der Waals surface area contributed by atoms with Gasteiger partial charge in [-0.3, -0.25) is 4.79 Å². The maximum atomic E-state index is 12.0. The number of hydrogen-bond donors (Lipinski definition) is 2. The van der Waals surface area contributed by atoms with Gasteiger partial charge >= 0.3 is 0 Å². The molecule has 2 N–H and O–H groups in total. The Balaban J connectivity index is 2.73. The van der Waals surface area contributed by atoms with Crippen LogP contribution in [0.3, 0.4) is 0 Å². The predicted octanol–water partition coefficient (Wildman–Crippen LogP) is 1.19. The Kier molecular flexibility index (Phi) is 5.56. The van der Waals surface area contributed by atoms with E-state index in [0.29, 0.717) is 12.2 Å². The summed E-state index contributed by atoms with van der Waals surface area (Å²) in [5.74, 6) is 5.18. The van der Waals surface area contributed by atoms with Crippen molar-refractivity contribution < 1.29 is 14.6 Å². The lowest BCUT2D eigenvalue weighted by Crippen LogP contribution is -2.46. The van der Waals surface area contributed by atoms with Gasteiger partial charge in [-0.2, -0.15) is 0 Å². The van der Waals surface area contributed by atoms with E-state index < -0.39 is 5.54 Å². The lowest BCUT2D eigenvalue weighted by molar-refractivity contribution is 0.0820. The van der Waals surface area contributed by atoms with Crippen molar-refractivity contribution >= 4 is 5.91 Å². The maximum Gasteiger partial charge on any atom is 0.251 e. The van der Waals surface area contributed by atoms with Crippen molar-refractivity contribution in [3.63, 3.8) is 0 Å². The molecule has 0 fully saturated rings. The first-order valence-corrected chi connectivity index (χ1v) is 6.00. The minimum Gasteiger partial charge on any atom is -0.384 e. The number of methoxy groups -OCH3 is 1. The molecule has 0 bridgehead atoms. The molecule has 1 rings (SSSR count). The van der Waals surface area contributed by atoms with Gasteiger partial charge in [0.15, 0.2) is 0 Å². The molecule has 0 unspecified atom stereocenters. The van der Waals surface area contributed by atoms with Gasteiger partial charge in [-0.05, 0) is 38.1 Å². The quantitative estimate of drug-likeness (QED) is 0.800. The zero-order valence-electron chi connectivity index (χ0n) is 11.5. The minimum atomic E-state index is -0.415. The van der Waals surface area contributed by atoms with Gasteiger partial charge < -0.3 is 15.2 Å². The second kappa shape index (κ2) is 6.93. The Hall–Kier alpha value is -1.83. The molecule has 0 aliphatic rings. The molecule has 4 heteroatoms. The number of aliphatic hydroxyl groups is 1. The van der Waals surface area contributed by atoms with Crippen LogP contribution in [0, 0.1) is 11.8 Å². The Morgan fingerprint density at radius 3 is 2.53 bits per heavy atom. The molecule has 0 spiro atoms. The molecule has 1 aromatic rings. The lowest BCUT2D eigenvalue weighted by atomic mass is 10.1. The Morgan fingerprint density at radius 2 is 2.00 bits per heavy atom. The van der Waals surface area contributed by atoms with Gasteiger partial charge in [0, 0.05) is 18.2 Å². The van der Waals surface area contributed by atoms with Crippen LogP contribution < -0.4 is 5.32 Å². The lowest BCUT2D eigenvalue weighted by Gasteiger charge is -2.25. The molecular weight excluding hydrogens is 242 g/mol.